The molecule has 3 rings (SSSR count). The molecule has 6 nitrogen and oxygen atoms in total. The van der Waals surface area contributed by atoms with E-state index < -0.39 is 0 Å². The number of aromatic nitrogens is 1. The summed E-state index contributed by atoms with van der Waals surface area (Å²) < 4.78 is 5.53. The highest BCUT2D eigenvalue weighted by Gasteiger charge is 2.16. The Morgan fingerprint density at radius 1 is 1.24 bits per heavy atom. The number of fused-ring (bicyclic) bond motifs is 1. The maximum Gasteiger partial charge on any atom is 0.227 e. The van der Waals surface area contributed by atoms with E-state index in [2.05, 4.69) is 10.3 Å². The normalized spacial score (nSPS) is 13.2. The molecular weight excluding hydrogens is 318 g/mol. The molecule has 25 heavy (non-hydrogen) atoms. The van der Waals surface area contributed by atoms with Gasteiger partial charge in [-0.3, -0.25) is 14.6 Å². The van der Waals surface area contributed by atoms with Crippen LogP contribution in [0.4, 0.5) is 5.69 Å². The summed E-state index contributed by atoms with van der Waals surface area (Å²) in [5.74, 6) is 0.611. The molecule has 1 aromatic heterocycles. The molecule has 1 aromatic carbocycles. The van der Waals surface area contributed by atoms with Crippen LogP contribution >= 0.6 is 0 Å². The second-order valence-electron chi connectivity index (χ2n) is 6.07. The van der Waals surface area contributed by atoms with Crippen LogP contribution in [0, 0.1) is 0 Å². The van der Waals surface area contributed by atoms with E-state index in [1.807, 2.05) is 24.3 Å². The lowest BCUT2D eigenvalue weighted by atomic mass is 10.1. The lowest BCUT2D eigenvalue weighted by molar-refractivity contribution is -0.129. The highest BCUT2D eigenvalue weighted by atomic mass is 16.5. The molecule has 6 heteroatoms. The van der Waals surface area contributed by atoms with Crippen LogP contribution < -0.4 is 10.1 Å². The van der Waals surface area contributed by atoms with Gasteiger partial charge in [0.25, 0.3) is 0 Å². The van der Waals surface area contributed by atoms with Crippen LogP contribution in [-0.4, -0.2) is 41.9 Å². The van der Waals surface area contributed by atoms with Crippen molar-refractivity contribution in [3.63, 3.8) is 0 Å². The van der Waals surface area contributed by atoms with Crippen molar-refractivity contribution >= 4 is 17.5 Å². The number of likely N-dealkylation sites (N-methyl/N-ethyl adjacent to an activating group) is 1. The minimum atomic E-state index is -0.0725. The summed E-state index contributed by atoms with van der Waals surface area (Å²) >= 11 is 0. The van der Waals surface area contributed by atoms with Gasteiger partial charge < -0.3 is 15.0 Å². The topological polar surface area (TPSA) is 71.5 Å². The molecule has 0 bridgehead atoms. The zero-order valence-corrected chi connectivity index (χ0v) is 14.2. The van der Waals surface area contributed by atoms with E-state index >= 15 is 0 Å². The molecule has 0 unspecified atom stereocenters. The average Bonchev–Trinajstić information content (AvgIpc) is 2.80. The number of anilines is 1. The fraction of sp³-hybridized carbons (Fsp3) is 0.316. The minimum absolute atomic E-state index is 0.0369. The van der Waals surface area contributed by atoms with Gasteiger partial charge in [0.1, 0.15) is 5.75 Å². The Balaban J connectivity index is 1.59. The zero-order valence-electron chi connectivity index (χ0n) is 14.2. The number of nitrogens with zero attached hydrogens (tertiary/aromatic N) is 2. The minimum Gasteiger partial charge on any atom is -0.491 e. The molecule has 0 saturated heterocycles. The molecule has 2 heterocycles. The van der Waals surface area contributed by atoms with Crippen molar-refractivity contribution in [3.8, 4) is 5.75 Å². The highest BCUT2D eigenvalue weighted by molar-refractivity contribution is 5.93. The number of carbonyl (C=O) groups excluding carboxylic acids is 2. The van der Waals surface area contributed by atoms with Crippen LogP contribution in [0.15, 0.2) is 42.7 Å². The predicted molar refractivity (Wildman–Crippen MR) is 94.5 cm³/mol. The first kappa shape index (κ1) is 17.0. The van der Waals surface area contributed by atoms with E-state index in [4.69, 9.17) is 4.74 Å². The molecule has 130 valence electrons. The van der Waals surface area contributed by atoms with Crippen LogP contribution in [0.1, 0.15) is 17.5 Å². The van der Waals surface area contributed by atoms with E-state index in [1.54, 1.807) is 30.4 Å². The maximum atomic E-state index is 12.4. The largest absolute Gasteiger partial charge is 0.491 e. The second kappa shape index (κ2) is 7.79. The maximum absolute atomic E-state index is 12.4. The molecule has 1 aliphatic rings. The third kappa shape index (κ3) is 4.56. The van der Waals surface area contributed by atoms with Crippen LogP contribution in [-0.2, 0) is 22.4 Å². The first-order valence-electron chi connectivity index (χ1n) is 8.30. The molecule has 2 amide bonds. The Bertz CT molecular complexity index is 762. The van der Waals surface area contributed by atoms with Crippen LogP contribution in [0.5, 0.6) is 5.75 Å². The number of hydrogen-bond acceptors (Lipinski definition) is 4. The summed E-state index contributed by atoms with van der Waals surface area (Å²) in [4.78, 5) is 29.8. The molecule has 0 aliphatic carbocycles. The van der Waals surface area contributed by atoms with Crippen molar-refractivity contribution in [2.75, 3.05) is 25.5 Å². The standard InChI is InChI=1S/C19H21N3O3/c1-22(10-6-14-4-8-20-9-5-14)19(24)13-15-2-3-17-16(12-15)21-18(23)7-11-25-17/h2-5,8-9,12H,6-7,10-11,13H2,1H3,(H,21,23). The molecule has 0 radical (unpaired) electrons. The number of rotatable bonds is 5. The second-order valence-corrected chi connectivity index (χ2v) is 6.07. The zero-order chi connectivity index (χ0) is 17.6. The predicted octanol–water partition coefficient (Wildman–Crippen LogP) is 2.05. The number of carbonyl (C=O) groups is 2. The number of amides is 2. The third-order valence-electron chi connectivity index (χ3n) is 4.17. The number of hydrogen-bond donors (Lipinski definition) is 1. The fourth-order valence-corrected chi connectivity index (χ4v) is 2.66. The van der Waals surface area contributed by atoms with Gasteiger partial charge in [0.2, 0.25) is 11.8 Å². The Labute approximate surface area is 146 Å². The SMILES string of the molecule is CN(CCc1ccncc1)C(=O)Cc1ccc2c(c1)NC(=O)CCO2. The molecule has 1 N–H and O–H groups in total. The molecular formula is C19H21N3O3. The summed E-state index contributed by atoms with van der Waals surface area (Å²) in [6, 6.07) is 9.39. The first-order chi connectivity index (χ1) is 12.1. The molecule has 1 aliphatic heterocycles. The van der Waals surface area contributed by atoms with Crippen molar-refractivity contribution in [2.24, 2.45) is 0 Å². The van der Waals surface area contributed by atoms with Gasteiger partial charge in [-0.25, -0.2) is 0 Å². The summed E-state index contributed by atoms with van der Waals surface area (Å²) in [7, 11) is 1.80. The Morgan fingerprint density at radius 3 is 2.84 bits per heavy atom. The van der Waals surface area contributed by atoms with Gasteiger partial charge in [0.15, 0.2) is 0 Å². The monoisotopic (exact) mass is 339 g/mol. The Hall–Kier alpha value is -2.89. The fourth-order valence-electron chi connectivity index (χ4n) is 2.66. The first-order valence-corrected chi connectivity index (χ1v) is 8.30. The van der Waals surface area contributed by atoms with E-state index in [0.717, 1.165) is 17.5 Å². The average molecular weight is 339 g/mol. The van der Waals surface area contributed by atoms with Gasteiger partial charge in [-0.2, -0.15) is 0 Å². The van der Waals surface area contributed by atoms with Crippen molar-refractivity contribution in [2.45, 2.75) is 19.3 Å². The lowest BCUT2D eigenvalue weighted by Crippen LogP contribution is -2.30. The van der Waals surface area contributed by atoms with Gasteiger partial charge in [0.05, 0.1) is 25.1 Å². The summed E-state index contributed by atoms with van der Waals surface area (Å²) in [6.45, 7) is 1.02. The van der Waals surface area contributed by atoms with Gasteiger partial charge >= 0.3 is 0 Å². The van der Waals surface area contributed by atoms with Gasteiger partial charge in [-0.15, -0.1) is 0 Å². The van der Waals surface area contributed by atoms with Crippen molar-refractivity contribution in [3.05, 3.63) is 53.9 Å². The van der Waals surface area contributed by atoms with Crippen LogP contribution in [0.25, 0.3) is 0 Å². The Kier molecular flexibility index (Phi) is 5.28. The van der Waals surface area contributed by atoms with E-state index in [0.29, 0.717) is 31.0 Å². The number of pyridine rings is 1. The van der Waals surface area contributed by atoms with Crippen LogP contribution in [0.3, 0.4) is 0 Å². The van der Waals surface area contributed by atoms with Crippen LogP contribution in [0.2, 0.25) is 0 Å². The Morgan fingerprint density at radius 2 is 2.04 bits per heavy atom. The highest BCUT2D eigenvalue weighted by Crippen LogP contribution is 2.28. The quantitative estimate of drug-likeness (QED) is 0.905. The van der Waals surface area contributed by atoms with Crippen molar-refractivity contribution < 1.29 is 14.3 Å². The van der Waals surface area contributed by atoms with Crippen molar-refractivity contribution in [1.82, 2.24) is 9.88 Å². The van der Waals surface area contributed by atoms with Gasteiger partial charge in [-0.1, -0.05) is 6.07 Å². The molecule has 0 fully saturated rings. The molecule has 0 saturated carbocycles. The number of ether oxygens (including phenoxy) is 1. The molecule has 2 aromatic rings. The number of benzene rings is 1. The summed E-state index contributed by atoms with van der Waals surface area (Å²) in [5, 5.41) is 2.82. The number of nitrogens with one attached hydrogen (secondary N) is 1. The third-order valence-corrected chi connectivity index (χ3v) is 4.17. The van der Waals surface area contributed by atoms with E-state index in [9.17, 15) is 9.59 Å². The summed E-state index contributed by atoms with van der Waals surface area (Å²) in [5.41, 5.74) is 2.64. The summed E-state index contributed by atoms with van der Waals surface area (Å²) in [6.07, 6.45) is 4.92. The molecule has 0 spiro atoms. The lowest BCUT2D eigenvalue weighted by Gasteiger charge is -2.17. The van der Waals surface area contributed by atoms with Gasteiger partial charge in [-0.05, 0) is 41.8 Å². The van der Waals surface area contributed by atoms with E-state index in [1.165, 1.54) is 0 Å². The smallest absolute Gasteiger partial charge is 0.227 e. The van der Waals surface area contributed by atoms with E-state index in [-0.39, 0.29) is 18.2 Å². The molecule has 0 atom stereocenters. The van der Waals surface area contributed by atoms with Gasteiger partial charge in [0, 0.05) is 26.0 Å². The van der Waals surface area contributed by atoms with Crippen molar-refractivity contribution in [1.29, 1.82) is 0 Å².